The summed E-state index contributed by atoms with van der Waals surface area (Å²) in [5.74, 6) is -0.349. The van der Waals surface area contributed by atoms with Crippen LogP contribution in [0.2, 0.25) is 0 Å². The second-order valence-corrected chi connectivity index (χ2v) is 5.10. The Balaban J connectivity index is 1.57. The van der Waals surface area contributed by atoms with Gasteiger partial charge in [-0.15, -0.1) is 5.10 Å². The summed E-state index contributed by atoms with van der Waals surface area (Å²) >= 11 is 0. The van der Waals surface area contributed by atoms with Gasteiger partial charge in [-0.1, -0.05) is 17.3 Å². The highest BCUT2D eigenvalue weighted by molar-refractivity contribution is 5.91. The molecule has 10 nitrogen and oxygen atoms in total. The number of carbonyl (C=O) groups excluding carboxylic acids is 1. The monoisotopic (exact) mass is 339 g/mol. The van der Waals surface area contributed by atoms with Crippen molar-refractivity contribution < 1.29 is 9.72 Å². The molecule has 0 unspecified atom stereocenters. The molecule has 1 amide bonds. The Bertz CT molecular complexity index is 878. The van der Waals surface area contributed by atoms with Gasteiger partial charge in [-0.3, -0.25) is 19.9 Å². The minimum Gasteiger partial charge on any atom is -0.345 e. The van der Waals surface area contributed by atoms with E-state index in [4.69, 9.17) is 0 Å². The zero-order valence-electron chi connectivity index (χ0n) is 12.9. The Hall–Kier alpha value is -3.69. The van der Waals surface area contributed by atoms with Crippen LogP contribution in [-0.2, 0) is 13.1 Å². The molecule has 0 radical (unpaired) electrons. The standard InChI is InChI=1S/C15H13N7O3/c23-15(14-8-16-5-6-17-14)18-7-12-10-21(20-19-12)9-11-1-3-13(4-2-11)22(24)25/h1-6,8,10H,7,9H2,(H,18,23). The van der Waals surface area contributed by atoms with Crippen LogP contribution in [0.5, 0.6) is 0 Å². The SMILES string of the molecule is O=C(NCc1cn(Cc2ccc([N+](=O)[O-])cc2)nn1)c1cnccn1. The number of hydrogen-bond acceptors (Lipinski definition) is 7. The first-order chi connectivity index (χ1) is 12.1. The lowest BCUT2D eigenvalue weighted by Crippen LogP contribution is -2.24. The summed E-state index contributed by atoms with van der Waals surface area (Å²) in [4.78, 5) is 29.8. The highest BCUT2D eigenvalue weighted by Crippen LogP contribution is 2.12. The summed E-state index contributed by atoms with van der Waals surface area (Å²) in [6.45, 7) is 0.624. The molecule has 1 N–H and O–H groups in total. The van der Waals surface area contributed by atoms with Gasteiger partial charge in [0.05, 0.1) is 30.4 Å². The quantitative estimate of drug-likeness (QED) is 0.523. The molecule has 0 aliphatic heterocycles. The molecule has 0 spiro atoms. The Morgan fingerprint density at radius 3 is 2.72 bits per heavy atom. The number of nitrogens with one attached hydrogen (secondary N) is 1. The lowest BCUT2D eigenvalue weighted by molar-refractivity contribution is -0.384. The van der Waals surface area contributed by atoms with Gasteiger partial charge in [0.2, 0.25) is 0 Å². The molecule has 0 aliphatic rings. The maximum absolute atomic E-state index is 11.9. The molecule has 10 heteroatoms. The number of rotatable bonds is 6. The Morgan fingerprint density at radius 1 is 1.24 bits per heavy atom. The minimum atomic E-state index is -0.447. The fourth-order valence-corrected chi connectivity index (χ4v) is 2.08. The molecule has 3 aromatic rings. The molecule has 126 valence electrons. The van der Waals surface area contributed by atoms with E-state index in [0.717, 1.165) is 5.56 Å². The summed E-state index contributed by atoms with van der Waals surface area (Å²) in [5.41, 5.74) is 1.69. The van der Waals surface area contributed by atoms with Gasteiger partial charge >= 0.3 is 0 Å². The number of benzene rings is 1. The average Bonchev–Trinajstić information content (AvgIpc) is 3.08. The van der Waals surface area contributed by atoms with Gasteiger partial charge in [0.1, 0.15) is 11.4 Å². The third kappa shape index (κ3) is 4.19. The molecule has 1 aromatic carbocycles. The fourth-order valence-electron chi connectivity index (χ4n) is 2.08. The van der Waals surface area contributed by atoms with E-state index in [1.807, 2.05) is 0 Å². The van der Waals surface area contributed by atoms with Crippen LogP contribution in [0.25, 0.3) is 0 Å². The molecule has 0 bridgehead atoms. The third-order valence-electron chi connectivity index (χ3n) is 3.30. The number of aromatic nitrogens is 5. The number of nitro benzene ring substituents is 1. The Labute approximate surface area is 141 Å². The number of nitrogens with zero attached hydrogens (tertiary/aromatic N) is 6. The van der Waals surface area contributed by atoms with E-state index < -0.39 is 4.92 Å². The molecule has 3 rings (SSSR count). The molecule has 0 atom stereocenters. The van der Waals surface area contributed by atoms with Crippen molar-refractivity contribution in [2.24, 2.45) is 0 Å². The van der Waals surface area contributed by atoms with Crippen LogP contribution in [0.4, 0.5) is 5.69 Å². The van der Waals surface area contributed by atoms with Crippen molar-refractivity contribution in [1.29, 1.82) is 0 Å². The highest BCUT2D eigenvalue weighted by Gasteiger charge is 2.09. The number of non-ortho nitro benzene ring substituents is 1. The van der Waals surface area contributed by atoms with Gasteiger partial charge in [0.25, 0.3) is 11.6 Å². The van der Waals surface area contributed by atoms with Gasteiger partial charge < -0.3 is 5.32 Å². The average molecular weight is 339 g/mol. The summed E-state index contributed by atoms with van der Waals surface area (Å²) in [6.07, 6.45) is 6.00. The van der Waals surface area contributed by atoms with Crippen molar-refractivity contribution >= 4 is 11.6 Å². The largest absolute Gasteiger partial charge is 0.345 e. The van der Waals surface area contributed by atoms with E-state index in [0.29, 0.717) is 12.2 Å². The van der Waals surface area contributed by atoms with Crippen LogP contribution in [0.1, 0.15) is 21.7 Å². The number of carbonyl (C=O) groups is 1. The summed E-state index contributed by atoms with van der Waals surface area (Å²) in [7, 11) is 0. The Kier molecular flexibility index (Phi) is 4.69. The van der Waals surface area contributed by atoms with Crippen molar-refractivity contribution in [2.45, 2.75) is 13.1 Å². The van der Waals surface area contributed by atoms with Gasteiger partial charge in [-0.2, -0.15) is 0 Å². The molecule has 0 aliphatic carbocycles. The summed E-state index contributed by atoms with van der Waals surface area (Å²) < 4.78 is 1.59. The minimum absolute atomic E-state index is 0.0368. The Morgan fingerprint density at radius 2 is 2.04 bits per heavy atom. The van der Waals surface area contributed by atoms with Crippen molar-refractivity contribution in [1.82, 2.24) is 30.3 Å². The lowest BCUT2D eigenvalue weighted by atomic mass is 10.2. The fraction of sp³-hybridized carbons (Fsp3) is 0.133. The maximum atomic E-state index is 11.9. The predicted octanol–water partition coefficient (Wildman–Crippen LogP) is 0.955. The van der Waals surface area contributed by atoms with Crippen LogP contribution < -0.4 is 5.32 Å². The molecule has 2 aromatic heterocycles. The smallest absolute Gasteiger partial charge is 0.271 e. The van der Waals surface area contributed by atoms with E-state index in [2.05, 4.69) is 25.6 Å². The van der Waals surface area contributed by atoms with Crippen LogP contribution >= 0.6 is 0 Å². The van der Waals surface area contributed by atoms with E-state index in [1.165, 1.54) is 30.7 Å². The summed E-state index contributed by atoms with van der Waals surface area (Å²) in [5, 5.41) is 21.3. The van der Waals surface area contributed by atoms with Crippen molar-refractivity contribution in [3.8, 4) is 0 Å². The zero-order valence-corrected chi connectivity index (χ0v) is 12.9. The van der Waals surface area contributed by atoms with Crippen LogP contribution in [0.15, 0.2) is 49.1 Å². The first-order valence-electron chi connectivity index (χ1n) is 7.28. The second-order valence-electron chi connectivity index (χ2n) is 5.10. The van der Waals surface area contributed by atoms with Crippen molar-refractivity contribution in [3.05, 3.63) is 76.1 Å². The second kappa shape index (κ2) is 7.25. The van der Waals surface area contributed by atoms with Crippen LogP contribution in [-0.4, -0.2) is 35.8 Å². The highest BCUT2D eigenvalue weighted by atomic mass is 16.6. The topological polar surface area (TPSA) is 129 Å². The van der Waals surface area contributed by atoms with Crippen molar-refractivity contribution in [2.75, 3.05) is 0 Å². The first kappa shape index (κ1) is 16.2. The molecule has 0 saturated carbocycles. The molecule has 25 heavy (non-hydrogen) atoms. The molecular formula is C15H13N7O3. The van der Waals surface area contributed by atoms with E-state index in [9.17, 15) is 14.9 Å². The zero-order chi connectivity index (χ0) is 17.6. The molecular weight excluding hydrogens is 326 g/mol. The van der Waals surface area contributed by atoms with E-state index in [-0.39, 0.29) is 23.8 Å². The lowest BCUT2D eigenvalue weighted by Gasteiger charge is -2.01. The first-order valence-corrected chi connectivity index (χ1v) is 7.28. The van der Waals surface area contributed by atoms with E-state index >= 15 is 0 Å². The van der Waals surface area contributed by atoms with E-state index in [1.54, 1.807) is 23.0 Å². The third-order valence-corrected chi connectivity index (χ3v) is 3.30. The normalized spacial score (nSPS) is 10.4. The number of nitro groups is 1. The number of hydrogen-bond donors (Lipinski definition) is 1. The van der Waals surface area contributed by atoms with Gasteiger partial charge in [-0.25, -0.2) is 9.67 Å². The van der Waals surface area contributed by atoms with Gasteiger partial charge in [-0.05, 0) is 5.56 Å². The van der Waals surface area contributed by atoms with Gasteiger partial charge in [0, 0.05) is 24.5 Å². The van der Waals surface area contributed by atoms with Gasteiger partial charge in [0.15, 0.2) is 0 Å². The predicted molar refractivity (Wildman–Crippen MR) is 85.4 cm³/mol. The number of amides is 1. The summed E-state index contributed by atoms with van der Waals surface area (Å²) in [6, 6.07) is 6.20. The molecule has 2 heterocycles. The van der Waals surface area contributed by atoms with Crippen LogP contribution in [0.3, 0.4) is 0 Å². The molecule has 0 fully saturated rings. The van der Waals surface area contributed by atoms with Crippen molar-refractivity contribution in [3.63, 3.8) is 0 Å². The van der Waals surface area contributed by atoms with Crippen LogP contribution in [0, 0.1) is 10.1 Å². The molecule has 0 saturated heterocycles. The maximum Gasteiger partial charge on any atom is 0.271 e.